The number of aromatic nitrogens is 1. The zero-order valence-electron chi connectivity index (χ0n) is 23.7. The van der Waals surface area contributed by atoms with Crippen molar-refractivity contribution in [1.82, 2.24) is 20.6 Å². The van der Waals surface area contributed by atoms with Crippen molar-refractivity contribution in [3.05, 3.63) is 88.4 Å². The van der Waals surface area contributed by atoms with Crippen LogP contribution in [0.1, 0.15) is 42.4 Å². The van der Waals surface area contributed by atoms with E-state index in [9.17, 15) is 14.7 Å². The van der Waals surface area contributed by atoms with Crippen LogP contribution < -0.4 is 25.5 Å². The van der Waals surface area contributed by atoms with Gasteiger partial charge in [0.2, 0.25) is 0 Å². The van der Waals surface area contributed by atoms with Crippen molar-refractivity contribution >= 4 is 18.2 Å². The van der Waals surface area contributed by atoms with E-state index in [1.54, 1.807) is 31.3 Å². The lowest BCUT2D eigenvalue weighted by Crippen LogP contribution is -2.45. The van der Waals surface area contributed by atoms with E-state index in [1.165, 1.54) is 7.11 Å². The van der Waals surface area contributed by atoms with Gasteiger partial charge in [0.15, 0.2) is 17.7 Å². The zero-order chi connectivity index (χ0) is 29.5. The fourth-order valence-corrected chi connectivity index (χ4v) is 4.71. The van der Waals surface area contributed by atoms with Crippen LogP contribution in [0.25, 0.3) is 5.69 Å². The number of carbonyl (C=O) groups is 2. The number of methoxy groups -OCH3 is 1. The van der Waals surface area contributed by atoms with E-state index in [2.05, 4.69) is 25.7 Å². The highest BCUT2D eigenvalue weighted by Gasteiger charge is 2.32. The van der Waals surface area contributed by atoms with E-state index in [0.29, 0.717) is 29.4 Å². The van der Waals surface area contributed by atoms with Crippen LogP contribution in [0.5, 0.6) is 11.5 Å². The molecule has 0 aliphatic carbocycles. The molecule has 1 aliphatic heterocycles. The number of hydrazone groups is 1. The topological polar surface area (TPSA) is 135 Å². The first-order valence-corrected chi connectivity index (χ1v) is 13.2. The van der Waals surface area contributed by atoms with Crippen LogP contribution in [0.2, 0.25) is 0 Å². The second-order valence-corrected chi connectivity index (χ2v) is 9.41. The van der Waals surface area contributed by atoms with Crippen molar-refractivity contribution in [3.8, 4) is 17.2 Å². The standard InChI is InChI=1S/C30H35N5O6/c1-6-40-25-15-21(28-27(29(37)39-5)19(3)32-30(38)33-28)12-13-24(25)41-17-26(36)34-31-16-22-14-18(2)35(20(22)4)23-10-8-7-9-11-23/h7-16,26,28,34,36H,6,17H2,1-5H3,(H2,32,33,38)/b31-16+/t26-,28-/m0/s1. The Morgan fingerprint density at radius 2 is 1.88 bits per heavy atom. The molecule has 2 aromatic carbocycles. The first-order valence-electron chi connectivity index (χ1n) is 13.2. The number of carbonyl (C=O) groups excluding carboxylic acids is 2. The number of para-hydroxylation sites is 1. The van der Waals surface area contributed by atoms with Crippen molar-refractivity contribution in [3.63, 3.8) is 0 Å². The SMILES string of the molecule is CCOc1cc([C@@H]2NC(=O)NC(C)=C2C(=O)OC)ccc1OC[C@H](O)N/N=C/c1cc(C)n(-c2ccccc2)c1C. The fraction of sp³-hybridized carbons (Fsp3) is 0.300. The second kappa shape index (κ2) is 13.1. The molecule has 0 unspecified atom stereocenters. The highest BCUT2D eigenvalue weighted by Crippen LogP contribution is 2.35. The first kappa shape index (κ1) is 29.2. The van der Waals surface area contributed by atoms with Crippen LogP contribution in [-0.2, 0) is 9.53 Å². The molecule has 0 saturated heterocycles. The summed E-state index contributed by atoms with van der Waals surface area (Å²) in [6.45, 7) is 7.74. The van der Waals surface area contributed by atoms with Crippen molar-refractivity contribution in [2.75, 3.05) is 20.3 Å². The van der Waals surface area contributed by atoms with Crippen LogP contribution >= 0.6 is 0 Å². The van der Waals surface area contributed by atoms with E-state index in [-0.39, 0.29) is 12.2 Å². The minimum absolute atomic E-state index is 0.115. The summed E-state index contributed by atoms with van der Waals surface area (Å²) in [6.07, 6.45) is 0.561. The predicted molar refractivity (Wildman–Crippen MR) is 154 cm³/mol. The third-order valence-electron chi connectivity index (χ3n) is 6.58. The number of hydrogen-bond acceptors (Lipinski definition) is 8. The van der Waals surface area contributed by atoms with Crippen molar-refractivity contribution in [2.24, 2.45) is 5.10 Å². The van der Waals surface area contributed by atoms with Crippen LogP contribution in [0, 0.1) is 13.8 Å². The number of hydrogen-bond donors (Lipinski definition) is 4. The van der Waals surface area contributed by atoms with Crippen molar-refractivity contribution < 1.29 is 28.9 Å². The monoisotopic (exact) mass is 561 g/mol. The lowest BCUT2D eigenvalue weighted by Gasteiger charge is -2.28. The third kappa shape index (κ3) is 6.69. The Morgan fingerprint density at radius 1 is 1.12 bits per heavy atom. The van der Waals surface area contributed by atoms with Crippen LogP contribution in [0.15, 0.2) is 71.0 Å². The van der Waals surface area contributed by atoms with Gasteiger partial charge in [0, 0.05) is 28.3 Å². The molecule has 3 aromatic rings. The second-order valence-electron chi connectivity index (χ2n) is 9.41. The number of nitrogens with one attached hydrogen (secondary N) is 3. The molecule has 0 spiro atoms. The van der Waals surface area contributed by atoms with Crippen molar-refractivity contribution in [1.29, 1.82) is 0 Å². The molecule has 1 aliphatic rings. The van der Waals surface area contributed by atoms with Gasteiger partial charge in [-0.1, -0.05) is 24.3 Å². The molecule has 11 nitrogen and oxygen atoms in total. The van der Waals surface area contributed by atoms with Gasteiger partial charge in [-0.3, -0.25) is 5.43 Å². The molecule has 4 N–H and O–H groups in total. The van der Waals surface area contributed by atoms with Gasteiger partial charge in [0.05, 0.1) is 31.5 Å². The molecule has 2 atom stereocenters. The lowest BCUT2D eigenvalue weighted by atomic mass is 9.95. The number of aliphatic hydroxyl groups excluding tert-OH is 1. The van der Waals surface area contributed by atoms with Crippen LogP contribution in [-0.4, -0.2) is 54.4 Å². The minimum Gasteiger partial charge on any atom is -0.490 e. The third-order valence-corrected chi connectivity index (χ3v) is 6.58. The molecule has 0 radical (unpaired) electrons. The van der Waals surface area contributed by atoms with E-state index < -0.39 is 24.3 Å². The average molecular weight is 562 g/mol. The normalized spacial score (nSPS) is 15.8. The lowest BCUT2D eigenvalue weighted by molar-refractivity contribution is -0.136. The quantitative estimate of drug-likeness (QED) is 0.122. The smallest absolute Gasteiger partial charge is 0.337 e. The fourth-order valence-electron chi connectivity index (χ4n) is 4.71. The molecule has 216 valence electrons. The molecule has 0 fully saturated rings. The van der Waals surface area contributed by atoms with Gasteiger partial charge in [-0.05, 0) is 63.6 Å². The van der Waals surface area contributed by atoms with Gasteiger partial charge in [-0.15, -0.1) is 0 Å². The Balaban J connectivity index is 1.43. The summed E-state index contributed by atoms with van der Waals surface area (Å²) in [7, 11) is 1.28. The Kier molecular flexibility index (Phi) is 9.30. The summed E-state index contributed by atoms with van der Waals surface area (Å²) >= 11 is 0. The highest BCUT2D eigenvalue weighted by atomic mass is 16.5. The Hall–Kier alpha value is -4.77. The van der Waals surface area contributed by atoms with Crippen LogP contribution in [0.3, 0.4) is 0 Å². The number of rotatable bonds is 11. The zero-order valence-corrected chi connectivity index (χ0v) is 23.7. The summed E-state index contributed by atoms with van der Waals surface area (Å²) in [5.74, 6) is 0.214. The molecule has 4 rings (SSSR count). The Labute approximate surface area is 238 Å². The van der Waals surface area contributed by atoms with Crippen molar-refractivity contribution in [2.45, 2.75) is 40.0 Å². The van der Waals surface area contributed by atoms with E-state index >= 15 is 0 Å². The number of nitrogens with zero attached hydrogens (tertiary/aromatic N) is 2. The molecular formula is C30H35N5O6. The summed E-state index contributed by atoms with van der Waals surface area (Å²) in [5.41, 5.74) is 8.05. The number of esters is 1. The average Bonchev–Trinajstić information content (AvgIpc) is 3.24. The summed E-state index contributed by atoms with van der Waals surface area (Å²) < 4.78 is 18.6. The number of allylic oxidation sites excluding steroid dienone is 1. The maximum Gasteiger partial charge on any atom is 0.337 e. The molecule has 2 heterocycles. The Bertz CT molecular complexity index is 1460. The van der Waals surface area contributed by atoms with Gasteiger partial charge in [-0.2, -0.15) is 5.10 Å². The Morgan fingerprint density at radius 3 is 2.59 bits per heavy atom. The number of benzene rings is 2. The number of amides is 2. The van der Waals surface area contributed by atoms with Gasteiger partial charge in [0.1, 0.15) is 6.61 Å². The van der Waals surface area contributed by atoms with Gasteiger partial charge in [0.25, 0.3) is 0 Å². The summed E-state index contributed by atoms with van der Waals surface area (Å²) in [4.78, 5) is 24.6. The summed E-state index contributed by atoms with van der Waals surface area (Å²) in [6, 6.07) is 16.0. The largest absolute Gasteiger partial charge is 0.490 e. The maximum atomic E-state index is 12.4. The number of urea groups is 1. The number of aryl methyl sites for hydroxylation is 1. The molecule has 41 heavy (non-hydrogen) atoms. The molecule has 0 saturated carbocycles. The van der Waals surface area contributed by atoms with E-state index in [1.807, 2.05) is 57.2 Å². The maximum absolute atomic E-state index is 12.4. The van der Waals surface area contributed by atoms with E-state index in [4.69, 9.17) is 14.2 Å². The molecule has 2 amide bonds. The first-order chi connectivity index (χ1) is 19.7. The highest BCUT2D eigenvalue weighted by molar-refractivity contribution is 5.95. The number of aliphatic hydroxyl groups is 1. The van der Waals surface area contributed by atoms with Gasteiger partial charge >= 0.3 is 12.0 Å². The van der Waals surface area contributed by atoms with Gasteiger partial charge in [-0.25, -0.2) is 9.59 Å². The number of ether oxygens (including phenoxy) is 3. The van der Waals surface area contributed by atoms with Crippen LogP contribution in [0.4, 0.5) is 4.79 Å². The van der Waals surface area contributed by atoms with E-state index in [0.717, 1.165) is 22.6 Å². The molecule has 11 heteroatoms. The summed E-state index contributed by atoms with van der Waals surface area (Å²) in [5, 5.41) is 20.0. The molecule has 1 aromatic heterocycles. The minimum atomic E-state index is -1.10. The molecule has 0 bridgehead atoms. The predicted octanol–water partition coefficient (Wildman–Crippen LogP) is 3.61. The molecular weight excluding hydrogens is 526 g/mol. The van der Waals surface area contributed by atoms with Gasteiger partial charge < -0.3 is 34.5 Å².